The van der Waals surface area contributed by atoms with E-state index in [-0.39, 0.29) is 0 Å². The summed E-state index contributed by atoms with van der Waals surface area (Å²) in [6, 6.07) is 14.2. The molecule has 1 atom stereocenters. The number of halogens is 1. The van der Waals surface area contributed by atoms with Gasteiger partial charge in [-0.3, -0.25) is 9.10 Å². The number of hydrogen-bond acceptors (Lipinski definition) is 3. The number of carbonyl (C=O) groups is 1. The van der Waals surface area contributed by atoms with Gasteiger partial charge in [0.15, 0.2) is 0 Å². The lowest BCUT2D eigenvalue weighted by Crippen LogP contribution is -2.45. The molecule has 0 fully saturated rings. The third-order valence-electron chi connectivity index (χ3n) is 3.21. The number of carbonyl (C=O) groups excluding carboxylic acids is 1. The molecule has 5 nitrogen and oxygen atoms in total. The predicted octanol–water partition coefficient (Wildman–Crippen LogP) is 3.13. The average molecular weight is 353 g/mol. The van der Waals surface area contributed by atoms with E-state index in [1.54, 1.807) is 61.5 Å². The minimum absolute atomic E-state index is 0.429. The van der Waals surface area contributed by atoms with Crippen molar-refractivity contribution in [3.05, 3.63) is 59.6 Å². The molecule has 0 aliphatic carbocycles. The number of anilines is 2. The summed E-state index contributed by atoms with van der Waals surface area (Å²) in [5.41, 5.74) is 0.988. The van der Waals surface area contributed by atoms with Crippen LogP contribution in [0.2, 0.25) is 5.02 Å². The summed E-state index contributed by atoms with van der Waals surface area (Å²) in [5.74, 6) is -0.429. The molecule has 0 aromatic heterocycles. The Morgan fingerprint density at radius 2 is 1.65 bits per heavy atom. The van der Waals surface area contributed by atoms with Crippen LogP contribution in [0, 0.1) is 0 Å². The maximum atomic E-state index is 12.4. The van der Waals surface area contributed by atoms with Gasteiger partial charge in [0, 0.05) is 10.7 Å². The molecule has 0 aliphatic heterocycles. The SMILES string of the molecule is C[C@H](C(=O)Nc1ccc(Cl)cc1)N(c1ccccc1)S(C)(=O)=O. The van der Waals surface area contributed by atoms with Crippen molar-refractivity contribution in [1.29, 1.82) is 0 Å². The molecule has 7 heteroatoms. The zero-order chi connectivity index (χ0) is 17.0. The number of amides is 1. The van der Waals surface area contributed by atoms with E-state index in [2.05, 4.69) is 5.32 Å². The zero-order valence-corrected chi connectivity index (χ0v) is 14.3. The number of rotatable bonds is 5. The molecule has 0 spiro atoms. The highest BCUT2D eigenvalue weighted by molar-refractivity contribution is 7.92. The van der Waals surface area contributed by atoms with E-state index in [9.17, 15) is 13.2 Å². The second-order valence-corrected chi connectivity index (χ2v) is 7.36. The average Bonchev–Trinajstić information content (AvgIpc) is 2.49. The molecule has 0 unspecified atom stereocenters. The summed E-state index contributed by atoms with van der Waals surface area (Å²) >= 11 is 5.80. The third-order valence-corrected chi connectivity index (χ3v) is 4.70. The van der Waals surface area contributed by atoms with Gasteiger partial charge in [0.25, 0.3) is 0 Å². The fraction of sp³-hybridized carbons (Fsp3) is 0.188. The molecule has 23 heavy (non-hydrogen) atoms. The number of nitrogens with zero attached hydrogens (tertiary/aromatic N) is 1. The lowest BCUT2D eigenvalue weighted by atomic mass is 10.2. The monoisotopic (exact) mass is 352 g/mol. The van der Waals surface area contributed by atoms with E-state index in [1.807, 2.05) is 0 Å². The van der Waals surface area contributed by atoms with Gasteiger partial charge in [-0.2, -0.15) is 0 Å². The number of hydrogen-bond donors (Lipinski definition) is 1. The van der Waals surface area contributed by atoms with E-state index in [1.165, 1.54) is 0 Å². The van der Waals surface area contributed by atoms with Crippen LogP contribution in [0.1, 0.15) is 6.92 Å². The van der Waals surface area contributed by atoms with Crippen LogP contribution < -0.4 is 9.62 Å². The summed E-state index contributed by atoms with van der Waals surface area (Å²) in [6.45, 7) is 1.54. The molecule has 2 rings (SSSR count). The fourth-order valence-corrected chi connectivity index (χ4v) is 3.46. The Kier molecular flexibility index (Phi) is 5.28. The maximum Gasteiger partial charge on any atom is 0.247 e. The molecular formula is C16H17ClN2O3S. The van der Waals surface area contributed by atoms with Crippen LogP contribution in [0.15, 0.2) is 54.6 Å². The third kappa shape index (κ3) is 4.46. The van der Waals surface area contributed by atoms with E-state index < -0.39 is 22.0 Å². The highest BCUT2D eigenvalue weighted by Gasteiger charge is 2.28. The quantitative estimate of drug-likeness (QED) is 0.899. The highest BCUT2D eigenvalue weighted by Crippen LogP contribution is 2.21. The number of sulfonamides is 1. The summed E-state index contributed by atoms with van der Waals surface area (Å²) in [6.07, 6.45) is 1.08. The largest absolute Gasteiger partial charge is 0.324 e. The molecular weight excluding hydrogens is 336 g/mol. The number of nitrogens with one attached hydrogen (secondary N) is 1. The van der Waals surface area contributed by atoms with Crippen LogP contribution in [-0.4, -0.2) is 26.6 Å². The summed E-state index contributed by atoms with van der Waals surface area (Å²) in [7, 11) is -3.61. The van der Waals surface area contributed by atoms with Gasteiger partial charge in [0.1, 0.15) is 6.04 Å². The molecule has 0 saturated heterocycles. The summed E-state index contributed by atoms with van der Waals surface area (Å²) in [5, 5.41) is 3.24. The fourth-order valence-electron chi connectivity index (χ4n) is 2.16. The molecule has 1 N–H and O–H groups in total. The first-order valence-electron chi connectivity index (χ1n) is 6.90. The van der Waals surface area contributed by atoms with Crippen molar-refractivity contribution in [2.45, 2.75) is 13.0 Å². The van der Waals surface area contributed by atoms with Crippen molar-refractivity contribution < 1.29 is 13.2 Å². The highest BCUT2D eigenvalue weighted by atomic mass is 35.5. The Hall–Kier alpha value is -2.05. The van der Waals surface area contributed by atoms with Crippen LogP contribution >= 0.6 is 11.6 Å². The number of para-hydroxylation sites is 1. The van der Waals surface area contributed by atoms with Crippen molar-refractivity contribution in [3.63, 3.8) is 0 Å². The molecule has 0 radical (unpaired) electrons. The first-order chi connectivity index (χ1) is 10.8. The van der Waals surface area contributed by atoms with Gasteiger partial charge in [-0.05, 0) is 43.3 Å². The van der Waals surface area contributed by atoms with Crippen molar-refractivity contribution >= 4 is 38.9 Å². The van der Waals surface area contributed by atoms with E-state index in [4.69, 9.17) is 11.6 Å². The van der Waals surface area contributed by atoms with Crippen molar-refractivity contribution in [2.75, 3.05) is 15.9 Å². The second-order valence-electron chi connectivity index (χ2n) is 5.07. The lowest BCUT2D eigenvalue weighted by molar-refractivity contribution is -0.116. The molecule has 122 valence electrons. The maximum absolute atomic E-state index is 12.4. The normalized spacial score (nSPS) is 12.5. The van der Waals surface area contributed by atoms with Gasteiger partial charge < -0.3 is 5.32 Å². The first kappa shape index (κ1) is 17.3. The van der Waals surface area contributed by atoms with E-state index in [0.717, 1.165) is 10.6 Å². The Balaban J connectivity index is 2.25. The van der Waals surface area contributed by atoms with E-state index >= 15 is 0 Å². The van der Waals surface area contributed by atoms with Crippen molar-refractivity contribution in [3.8, 4) is 0 Å². The Morgan fingerprint density at radius 3 is 2.17 bits per heavy atom. The van der Waals surface area contributed by atoms with Crippen molar-refractivity contribution in [2.24, 2.45) is 0 Å². The van der Waals surface area contributed by atoms with E-state index in [0.29, 0.717) is 16.4 Å². The Bertz CT molecular complexity index is 777. The standard InChI is InChI=1S/C16H17ClN2O3S/c1-12(16(20)18-14-10-8-13(17)9-11-14)19(23(2,21)22)15-6-4-3-5-7-15/h3-12H,1-2H3,(H,18,20)/t12-/m1/s1. The minimum atomic E-state index is -3.61. The molecule has 2 aromatic rings. The zero-order valence-electron chi connectivity index (χ0n) is 12.7. The Morgan fingerprint density at radius 1 is 1.09 bits per heavy atom. The molecule has 1 amide bonds. The molecule has 0 aliphatic rings. The Labute approximate surface area is 140 Å². The van der Waals surface area contributed by atoms with Gasteiger partial charge in [-0.15, -0.1) is 0 Å². The van der Waals surface area contributed by atoms with Crippen LogP contribution in [-0.2, 0) is 14.8 Å². The molecule has 0 heterocycles. The molecule has 2 aromatic carbocycles. The predicted molar refractivity (Wildman–Crippen MR) is 93.3 cm³/mol. The number of benzene rings is 2. The lowest BCUT2D eigenvalue weighted by Gasteiger charge is -2.28. The molecule has 0 bridgehead atoms. The van der Waals surface area contributed by atoms with Gasteiger partial charge in [0.2, 0.25) is 15.9 Å². The van der Waals surface area contributed by atoms with Gasteiger partial charge in [-0.25, -0.2) is 8.42 Å². The van der Waals surface area contributed by atoms with Gasteiger partial charge >= 0.3 is 0 Å². The van der Waals surface area contributed by atoms with Crippen LogP contribution in [0.4, 0.5) is 11.4 Å². The van der Waals surface area contributed by atoms with Gasteiger partial charge in [0.05, 0.1) is 11.9 Å². The smallest absolute Gasteiger partial charge is 0.247 e. The first-order valence-corrected chi connectivity index (χ1v) is 9.12. The van der Waals surface area contributed by atoms with Gasteiger partial charge in [-0.1, -0.05) is 29.8 Å². The summed E-state index contributed by atoms with van der Waals surface area (Å²) in [4.78, 5) is 12.4. The topological polar surface area (TPSA) is 66.5 Å². The van der Waals surface area contributed by atoms with Crippen molar-refractivity contribution in [1.82, 2.24) is 0 Å². The van der Waals surface area contributed by atoms with Crippen LogP contribution in [0.3, 0.4) is 0 Å². The summed E-state index contributed by atoms with van der Waals surface area (Å²) < 4.78 is 25.3. The van der Waals surface area contributed by atoms with Crippen LogP contribution in [0.5, 0.6) is 0 Å². The second kappa shape index (κ2) is 7.02. The van der Waals surface area contributed by atoms with Crippen LogP contribution in [0.25, 0.3) is 0 Å². The molecule has 0 saturated carbocycles. The minimum Gasteiger partial charge on any atom is -0.324 e.